The Bertz CT molecular complexity index is 1060. The van der Waals surface area contributed by atoms with E-state index in [2.05, 4.69) is 0 Å². The summed E-state index contributed by atoms with van der Waals surface area (Å²) < 4.78 is 40.2. The van der Waals surface area contributed by atoms with Crippen LogP contribution in [0, 0.1) is 0 Å². The summed E-state index contributed by atoms with van der Waals surface area (Å²) in [4.78, 5) is 5.01. The second-order valence-corrected chi connectivity index (χ2v) is 7.14. The van der Waals surface area contributed by atoms with Crippen LogP contribution in [0.1, 0.15) is 35.1 Å². The second kappa shape index (κ2) is 11.0. The zero-order chi connectivity index (χ0) is 24.0. The van der Waals surface area contributed by atoms with Crippen molar-refractivity contribution in [3.63, 3.8) is 0 Å². The largest absolute Gasteiger partial charge is 0.496 e. The van der Waals surface area contributed by atoms with Crippen molar-refractivity contribution >= 4 is 10.8 Å². The predicted octanol–water partition coefficient (Wildman–Crippen LogP) is 4.32. The number of methoxy groups -OCH3 is 7. The van der Waals surface area contributed by atoms with Crippen LogP contribution in [0.15, 0.2) is 48.5 Å². The van der Waals surface area contributed by atoms with E-state index in [-0.39, 0.29) is 0 Å². The predicted molar refractivity (Wildman–Crippen MR) is 123 cm³/mol. The molecule has 8 heteroatoms. The molecule has 3 rings (SSSR count). The molecule has 0 N–H and O–H groups in total. The maximum atomic E-state index is 6.06. The highest BCUT2D eigenvalue weighted by Crippen LogP contribution is 2.44. The molecule has 0 spiro atoms. The van der Waals surface area contributed by atoms with Crippen LogP contribution in [0.3, 0.4) is 0 Å². The van der Waals surface area contributed by atoms with Crippen molar-refractivity contribution in [2.75, 3.05) is 49.8 Å². The number of hydrogen-bond donors (Lipinski definition) is 0. The zero-order valence-corrected chi connectivity index (χ0v) is 20.1. The van der Waals surface area contributed by atoms with Crippen molar-refractivity contribution in [2.24, 2.45) is 0 Å². The van der Waals surface area contributed by atoms with Crippen LogP contribution >= 0.6 is 0 Å². The third-order valence-electron chi connectivity index (χ3n) is 5.64. The molecule has 8 nitrogen and oxygen atoms in total. The molecule has 1 heterocycles. The molecule has 1 aromatic heterocycles. The highest BCUT2D eigenvalue weighted by molar-refractivity contribution is 5.89. The number of para-hydroxylation sites is 1. The highest BCUT2D eigenvalue weighted by Gasteiger charge is 2.42. The van der Waals surface area contributed by atoms with E-state index in [0.717, 1.165) is 10.8 Å². The fourth-order valence-electron chi connectivity index (χ4n) is 4.17. The number of benzene rings is 2. The van der Waals surface area contributed by atoms with E-state index in [1.165, 1.54) is 0 Å². The fraction of sp³-hybridized carbons (Fsp3) is 0.400. The van der Waals surface area contributed by atoms with Gasteiger partial charge < -0.3 is 33.2 Å². The maximum absolute atomic E-state index is 6.06. The van der Waals surface area contributed by atoms with Gasteiger partial charge in [-0.3, -0.25) is 0 Å². The molecule has 0 saturated heterocycles. The molecule has 178 valence electrons. The van der Waals surface area contributed by atoms with Crippen molar-refractivity contribution in [1.82, 2.24) is 4.98 Å². The Balaban J connectivity index is 2.50. The van der Waals surface area contributed by atoms with Gasteiger partial charge in [-0.1, -0.05) is 36.4 Å². The van der Waals surface area contributed by atoms with E-state index in [1.807, 2.05) is 48.5 Å². The normalized spacial score (nSPS) is 12.2. The molecule has 0 aliphatic rings. The molecule has 2 aromatic carbocycles. The number of fused-ring (bicyclic) bond motifs is 1. The van der Waals surface area contributed by atoms with Gasteiger partial charge in [-0.2, -0.15) is 0 Å². The van der Waals surface area contributed by atoms with Crippen LogP contribution in [0.25, 0.3) is 10.8 Å². The molecule has 0 aliphatic carbocycles. The fourth-order valence-corrected chi connectivity index (χ4v) is 4.17. The third-order valence-corrected chi connectivity index (χ3v) is 5.64. The van der Waals surface area contributed by atoms with Gasteiger partial charge in [-0.05, 0) is 17.5 Å². The summed E-state index contributed by atoms with van der Waals surface area (Å²) in [5, 5.41) is 1.62. The van der Waals surface area contributed by atoms with E-state index in [9.17, 15) is 0 Å². The maximum Gasteiger partial charge on any atom is 0.243 e. The van der Waals surface area contributed by atoms with Crippen LogP contribution < -0.4 is 4.74 Å². The lowest BCUT2D eigenvalue weighted by Gasteiger charge is -2.34. The van der Waals surface area contributed by atoms with Gasteiger partial charge in [0.2, 0.25) is 12.1 Å². The number of aromatic nitrogens is 1. The highest BCUT2D eigenvalue weighted by atomic mass is 16.7. The molecule has 0 unspecified atom stereocenters. The quantitative estimate of drug-likeness (QED) is 0.394. The van der Waals surface area contributed by atoms with Gasteiger partial charge in [0.05, 0.1) is 12.7 Å². The number of nitrogens with zero attached hydrogens (tertiary/aromatic N) is 1. The smallest absolute Gasteiger partial charge is 0.243 e. The molecular formula is C25H31NO7. The Morgan fingerprint density at radius 1 is 0.667 bits per heavy atom. The number of hydrogen-bond acceptors (Lipinski definition) is 8. The standard InChI is InChI=1S/C25H31NO7/c1-27-19-15-11-10-14-18(19)25(32-6,33-7)22-17-13-9-8-12-16(17)20(23(28-2)29-3)21(26-22)24(30-4)31-5/h8-15,23-24H,1-7H3. The van der Waals surface area contributed by atoms with Gasteiger partial charge in [0.25, 0.3) is 0 Å². The molecule has 3 aromatic rings. The van der Waals surface area contributed by atoms with E-state index in [0.29, 0.717) is 28.3 Å². The minimum absolute atomic E-state index is 0.482. The summed E-state index contributed by atoms with van der Waals surface area (Å²) in [7, 11) is 11.0. The van der Waals surface area contributed by atoms with Crippen molar-refractivity contribution in [3.05, 3.63) is 71.0 Å². The van der Waals surface area contributed by atoms with Crippen molar-refractivity contribution in [1.29, 1.82) is 0 Å². The van der Waals surface area contributed by atoms with Gasteiger partial charge in [0.1, 0.15) is 17.1 Å². The second-order valence-electron chi connectivity index (χ2n) is 7.14. The number of pyridine rings is 1. The minimum Gasteiger partial charge on any atom is -0.496 e. The van der Waals surface area contributed by atoms with Crippen molar-refractivity contribution in [3.8, 4) is 5.75 Å². The summed E-state index contributed by atoms with van der Waals surface area (Å²) in [6.07, 6.45) is -1.50. The van der Waals surface area contributed by atoms with E-state index < -0.39 is 18.4 Å². The molecule has 0 bridgehead atoms. The molecule has 0 aliphatic heterocycles. The van der Waals surface area contributed by atoms with Gasteiger partial charge >= 0.3 is 0 Å². The van der Waals surface area contributed by atoms with Gasteiger partial charge in [0, 0.05) is 53.6 Å². The first-order valence-corrected chi connectivity index (χ1v) is 10.3. The van der Waals surface area contributed by atoms with Gasteiger partial charge in [-0.15, -0.1) is 0 Å². The first kappa shape index (κ1) is 25.0. The molecular weight excluding hydrogens is 426 g/mol. The van der Waals surface area contributed by atoms with Crippen LogP contribution in [0.4, 0.5) is 0 Å². The Morgan fingerprint density at radius 2 is 1.21 bits per heavy atom. The van der Waals surface area contributed by atoms with Crippen molar-refractivity contribution < 1.29 is 33.2 Å². The van der Waals surface area contributed by atoms with Crippen LogP contribution in [0.2, 0.25) is 0 Å². The lowest BCUT2D eigenvalue weighted by molar-refractivity contribution is -0.186. The van der Waals surface area contributed by atoms with E-state index in [4.69, 9.17) is 38.1 Å². The molecule has 0 amide bonds. The lowest BCUT2D eigenvalue weighted by atomic mass is 9.93. The summed E-state index contributed by atoms with van der Waals surface area (Å²) in [5.41, 5.74) is 2.34. The van der Waals surface area contributed by atoms with Crippen LogP contribution in [-0.4, -0.2) is 54.8 Å². The zero-order valence-electron chi connectivity index (χ0n) is 20.1. The Hall–Kier alpha value is -2.59. The number of rotatable bonds is 11. The monoisotopic (exact) mass is 457 g/mol. The Kier molecular flexibility index (Phi) is 8.36. The summed E-state index contributed by atoms with van der Waals surface area (Å²) >= 11 is 0. The number of ether oxygens (including phenoxy) is 7. The third kappa shape index (κ3) is 4.33. The summed E-state index contributed by atoms with van der Waals surface area (Å²) in [6.45, 7) is 0. The average molecular weight is 458 g/mol. The average Bonchev–Trinajstić information content (AvgIpc) is 2.87. The Morgan fingerprint density at radius 3 is 1.76 bits per heavy atom. The van der Waals surface area contributed by atoms with Gasteiger partial charge in [-0.25, -0.2) is 4.98 Å². The Labute approximate surface area is 194 Å². The lowest BCUT2D eigenvalue weighted by Crippen LogP contribution is -2.35. The topological polar surface area (TPSA) is 77.5 Å². The summed E-state index contributed by atoms with van der Waals surface area (Å²) in [6, 6.07) is 15.3. The van der Waals surface area contributed by atoms with Gasteiger partial charge in [0.15, 0.2) is 6.29 Å². The molecule has 0 atom stereocenters. The first-order chi connectivity index (χ1) is 16.1. The van der Waals surface area contributed by atoms with Crippen LogP contribution in [-0.2, 0) is 34.2 Å². The minimum atomic E-state index is -1.39. The SMILES string of the molecule is COc1ccccc1C(OC)(OC)c1nc(C(OC)OC)c(C(OC)OC)c2ccccc12. The summed E-state index contributed by atoms with van der Waals surface area (Å²) in [5.74, 6) is -0.791. The van der Waals surface area contributed by atoms with Crippen molar-refractivity contribution in [2.45, 2.75) is 18.4 Å². The van der Waals surface area contributed by atoms with E-state index >= 15 is 0 Å². The molecule has 33 heavy (non-hydrogen) atoms. The van der Waals surface area contributed by atoms with Crippen LogP contribution in [0.5, 0.6) is 5.75 Å². The first-order valence-electron chi connectivity index (χ1n) is 10.3. The molecule has 0 fully saturated rings. The van der Waals surface area contributed by atoms with E-state index in [1.54, 1.807) is 49.8 Å². The molecule has 0 saturated carbocycles. The molecule has 0 radical (unpaired) electrons.